The molecule has 1 aliphatic rings. The van der Waals surface area contributed by atoms with Crippen LogP contribution in [0.4, 0.5) is 5.69 Å². The van der Waals surface area contributed by atoms with E-state index in [1.807, 2.05) is 0 Å². The number of nitrogens with zero attached hydrogens (tertiary/aromatic N) is 1. The largest absolute Gasteiger partial charge is 0.478 e. The summed E-state index contributed by atoms with van der Waals surface area (Å²) >= 11 is 0. The van der Waals surface area contributed by atoms with Crippen molar-refractivity contribution in [1.29, 1.82) is 0 Å². The summed E-state index contributed by atoms with van der Waals surface area (Å²) < 4.78 is 5.34. The van der Waals surface area contributed by atoms with Gasteiger partial charge in [-0.15, -0.1) is 0 Å². The molecule has 1 amide bonds. The van der Waals surface area contributed by atoms with Gasteiger partial charge in [0.1, 0.15) is 6.10 Å². The zero-order valence-corrected chi connectivity index (χ0v) is 9.76. The first-order valence-electron chi connectivity index (χ1n) is 5.77. The molecule has 1 aliphatic heterocycles. The zero-order chi connectivity index (χ0) is 13.0. The van der Waals surface area contributed by atoms with Crippen LogP contribution in [-0.4, -0.2) is 34.7 Å². The van der Waals surface area contributed by atoms with Crippen LogP contribution in [0.5, 0.6) is 0 Å². The van der Waals surface area contributed by atoms with Gasteiger partial charge in [-0.3, -0.25) is 9.78 Å². The SMILES string of the molecule is O=C(O)c1cncc(NC(=O)C2CCCCO2)c1. The van der Waals surface area contributed by atoms with Crippen molar-refractivity contribution in [3.05, 3.63) is 24.0 Å². The predicted octanol–water partition coefficient (Wildman–Crippen LogP) is 1.29. The van der Waals surface area contributed by atoms with Gasteiger partial charge in [-0.05, 0) is 25.3 Å². The van der Waals surface area contributed by atoms with E-state index in [2.05, 4.69) is 10.3 Å². The van der Waals surface area contributed by atoms with E-state index in [0.29, 0.717) is 18.7 Å². The molecule has 2 heterocycles. The topological polar surface area (TPSA) is 88.5 Å². The second-order valence-corrected chi connectivity index (χ2v) is 4.11. The highest BCUT2D eigenvalue weighted by atomic mass is 16.5. The number of pyridine rings is 1. The monoisotopic (exact) mass is 250 g/mol. The Morgan fingerprint density at radius 2 is 2.22 bits per heavy atom. The minimum atomic E-state index is -1.08. The maximum Gasteiger partial charge on any atom is 0.337 e. The van der Waals surface area contributed by atoms with Crippen molar-refractivity contribution in [2.75, 3.05) is 11.9 Å². The van der Waals surface area contributed by atoms with E-state index in [-0.39, 0.29) is 11.5 Å². The summed E-state index contributed by atoms with van der Waals surface area (Å²) in [7, 11) is 0. The van der Waals surface area contributed by atoms with E-state index >= 15 is 0 Å². The zero-order valence-electron chi connectivity index (χ0n) is 9.76. The number of nitrogens with one attached hydrogen (secondary N) is 1. The fraction of sp³-hybridized carbons (Fsp3) is 0.417. The molecule has 0 bridgehead atoms. The quantitative estimate of drug-likeness (QED) is 0.843. The first-order chi connectivity index (χ1) is 8.66. The van der Waals surface area contributed by atoms with E-state index < -0.39 is 12.1 Å². The summed E-state index contributed by atoms with van der Waals surface area (Å²) in [5.74, 6) is -1.33. The van der Waals surface area contributed by atoms with Crippen LogP contribution in [0.15, 0.2) is 18.5 Å². The van der Waals surface area contributed by atoms with Gasteiger partial charge >= 0.3 is 5.97 Å². The van der Waals surface area contributed by atoms with Gasteiger partial charge in [0.2, 0.25) is 0 Å². The van der Waals surface area contributed by atoms with Crippen LogP contribution in [0.25, 0.3) is 0 Å². The minimum Gasteiger partial charge on any atom is -0.478 e. The van der Waals surface area contributed by atoms with Crippen molar-refractivity contribution < 1.29 is 19.4 Å². The molecule has 1 aromatic rings. The number of carbonyl (C=O) groups is 2. The Bertz CT molecular complexity index is 455. The number of hydrogen-bond acceptors (Lipinski definition) is 4. The summed E-state index contributed by atoms with van der Waals surface area (Å²) in [6.45, 7) is 0.589. The Hall–Kier alpha value is -1.95. The van der Waals surface area contributed by atoms with Crippen molar-refractivity contribution in [2.24, 2.45) is 0 Å². The molecule has 96 valence electrons. The van der Waals surface area contributed by atoms with Crippen LogP contribution in [0, 0.1) is 0 Å². The lowest BCUT2D eigenvalue weighted by atomic mass is 10.1. The third kappa shape index (κ3) is 3.04. The number of carbonyl (C=O) groups excluding carboxylic acids is 1. The van der Waals surface area contributed by atoms with Gasteiger partial charge in [0.25, 0.3) is 5.91 Å². The Balaban J connectivity index is 2.02. The minimum absolute atomic E-state index is 0.0392. The van der Waals surface area contributed by atoms with Gasteiger partial charge in [0.15, 0.2) is 0 Å². The standard InChI is InChI=1S/C12H14N2O4/c15-11(10-3-1-2-4-18-10)14-9-5-8(12(16)17)6-13-7-9/h5-7,10H,1-4H2,(H,14,15)(H,16,17). The first kappa shape index (κ1) is 12.5. The van der Waals surface area contributed by atoms with E-state index in [9.17, 15) is 9.59 Å². The lowest BCUT2D eigenvalue weighted by Crippen LogP contribution is -2.33. The summed E-state index contributed by atoms with van der Waals surface area (Å²) in [6, 6.07) is 1.37. The van der Waals surface area contributed by atoms with Crippen LogP contribution >= 0.6 is 0 Å². The van der Waals surface area contributed by atoms with Gasteiger partial charge in [0.05, 0.1) is 17.4 Å². The van der Waals surface area contributed by atoms with Crippen LogP contribution < -0.4 is 5.32 Å². The number of amides is 1. The Morgan fingerprint density at radius 3 is 2.89 bits per heavy atom. The van der Waals surface area contributed by atoms with E-state index in [1.165, 1.54) is 18.5 Å². The van der Waals surface area contributed by atoms with E-state index in [1.54, 1.807) is 0 Å². The number of carboxylic acid groups (broad SMARTS) is 1. The number of rotatable bonds is 3. The number of aromatic nitrogens is 1. The predicted molar refractivity (Wildman–Crippen MR) is 63.4 cm³/mol. The van der Waals surface area contributed by atoms with Gasteiger partial charge in [-0.1, -0.05) is 0 Å². The summed E-state index contributed by atoms with van der Waals surface area (Å²) in [4.78, 5) is 26.4. The Labute approximate surface area is 104 Å². The molecule has 6 nitrogen and oxygen atoms in total. The molecule has 1 saturated heterocycles. The maximum absolute atomic E-state index is 11.8. The molecule has 2 rings (SSSR count). The van der Waals surface area contributed by atoms with E-state index in [0.717, 1.165) is 12.8 Å². The molecule has 0 radical (unpaired) electrons. The van der Waals surface area contributed by atoms with Gasteiger partial charge in [0, 0.05) is 12.8 Å². The van der Waals surface area contributed by atoms with Gasteiger partial charge in [-0.25, -0.2) is 4.79 Å². The van der Waals surface area contributed by atoms with Crippen LogP contribution in [0.1, 0.15) is 29.6 Å². The highest BCUT2D eigenvalue weighted by Gasteiger charge is 2.22. The molecule has 0 saturated carbocycles. The number of anilines is 1. The smallest absolute Gasteiger partial charge is 0.337 e. The molecule has 1 atom stereocenters. The lowest BCUT2D eigenvalue weighted by Gasteiger charge is -2.21. The first-order valence-corrected chi connectivity index (χ1v) is 5.77. The molecular formula is C12H14N2O4. The van der Waals surface area contributed by atoms with E-state index in [4.69, 9.17) is 9.84 Å². The molecule has 1 fully saturated rings. The Kier molecular flexibility index (Phi) is 3.88. The number of ether oxygens (including phenoxy) is 1. The number of carboxylic acids is 1. The summed E-state index contributed by atoms with van der Waals surface area (Å²) in [5, 5.41) is 11.4. The van der Waals surface area contributed by atoms with Crippen molar-refractivity contribution in [2.45, 2.75) is 25.4 Å². The molecule has 1 unspecified atom stereocenters. The van der Waals surface area contributed by atoms with Crippen LogP contribution in [0.3, 0.4) is 0 Å². The van der Waals surface area contributed by atoms with Crippen molar-refractivity contribution in [1.82, 2.24) is 4.98 Å². The summed E-state index contributed by atoms with van der Waals surface area (Å²) in [6.07, 6.45) is 4.82. The second kappa shape index (κ2) is 5.59. The van der Waals surface area contributed by atoms with Crippen molar-refractivity contribution >= 4 is 17.6 Å². The normalized spacial score (nSPS) is 19.2. The molecular weight excluding hydrogens is 236 g/mol. The second-order valence-electron chi connectivity index (χ2n) is 4.11. The van der Waals surface area contributed by atoms with Crippen molar-refractivity contribution in [3.63, 3.8) is 0 Å². The molecule has 0 aromatic carbocycles. The maximum atomic E-state index is 11.8. The van der Waals surface area contributed by atoms with Crippen molar-refractivity contribution in [3.8, 4) is 0 Å². The molecule has 2 N–H and O–H groups in total. The average molecular weight is 250 g/mol. The number of hydrogen-bond donors (Lipinski definition) is 2. The van der Waals surface area contributed by atoms with Crippen LogP contribution in [-0.2, 0) is 9.53 Å². The average Bonchev–Trinajstić information content (AvgIpc) is 2.40. The molecule has 0 spiro atoms. The van der Waals surface area contributed by atoms with Gasteiger partial charge in [-0.2, -0.15) is 0 Å². The lowest BCUT2D eigenvalue weighted by molar-refractivity contribution is -0.129. The fourth-order valence-electron chi connectivity index (χ4n) is 1.80. The highest BCUT2D eigenvalue weighted by molar-refractivity contribution is 5.95. The highest BCUT2D eigenvalue weighted by Crippen LogP contribution is 2.15. The Morgan fingerprint density at radius 1 is 1.39 bits per heavy atom. The molecule has 18 heavy (non-hydrogen) atoms. The third-order valence-electron chi connectivity index (χ3n) is 2.72. The van der Waals surface area contributed by atoms with Crippen LogP contribution in [0.2, 0.25) is 0 Å². The molecule has 6 heteroatoms. The summed E-state index contributed by atoms with van der Waals surface area (Å²) in [5.41, 5.74) is 0.409. The molecule has 1 aromatic heterocycles. The van der Waals surface area contributed by atoms with Gasteiger partial charge < -0.3 is 15.2 Å². The number of aromatic carboxylic acids is 1. The third-order valence-corrected chi connectivity index (χ3v) is 2.72. The molecule has 0 aliphatic carbocycles. The fourth-order valence-corrected chi connectivity index (χ4v) is 1.80.